The van der Waals surface area contributed by atoms with Crippen molar-refractivity contribution in [2.75, 3.05) is 12.4 Å². The number of non-ortho nitro benzene ring substituents is 1. The average molecular weight is 444 g/mol. The Morgan fingerprint density at radius 3 is 2.58 bits per heavy atom. The molecule has 33 heavy (non-hydrogen) atoms. The quantitative estimate of drug-likeness (QED) is 0.332. The van der Waals surface area contributed by atoms with E-state index in [1.165, 1.54) is 30.9 Å². The van der Waals surface area contributed by atoms with Gasteiger partial charge in [0.2, 0.25) is 5.91 Å². The summed E-state index contributed by atoms with van der Waals surface area (Å²) in [4.78, 5) is 28.6. The number of benzene rings is 2. The molecular weight excluding hydrogens is 420 g/mol. The third-order valence-corrected chi connectivity index (χ3v) is 5.72. The van der Waals surface area contributed by atoms with Crippen molar-refractivity contribution in [3.63, 3.8) is 0 Å². The number of nitrogens with zero attached hydrogens (tertiary/aromatic N) is 3. The van der Waals surface area contributed by atoms with Crippen molar-refractivity contribution in [2.45, 2.75) is 27.2 Å². The standard InChI is InChI=1S/C25H24N4O4/c1-15-7-8-18(12-17(15)3)24-21(28-11-5-6-16(2)25(28)27-24)14-23(30)26-20-13-19(29(31)32)9-10-22(20)33-4/h5-13H,14H2,1-4H3,(H,26,30). The van der Waals surface area contributed by atoms with E-state index in [1.54, 1.807) is 0 Å². The van der Waals surface area contributed by atoms with Crippen LogP contribution in [-0.4, -0.2) is 27.3 Å². The van der Waals surface area contributed by atoms with Gasteiger partial charge in [-0.2, -0.15) is 0 Å². The predicted molar refractivity (Wildman–Crippen MR) is 127 cm³/mol. The van der Waals surface area contributed by atoms with E-state index in [2.05, 4.69) is 11.4 Å². The van der Waals surface area contributed by atoms with Crippen molar-refractivity contribution in [2.24, 2.45) is 0 Å². The smallest absolute Gasteiger partial charge is 0.271 e. The number of hydrogen-bond donors (Lipinski definition) is 1. The fourth-order valence-corrected chi connectivity index (χ4v) is 3.80. The normalized spacial score (nSPS) is 10.9. The Morgan fingerprint density at radius 1 is 1.09 bits per heavy atom. The number of imidazole rings is 1. The fourth-order valence-electron chi connectivity index (χ4n) is 3.80. The Labute approximate surface area is 191 Å². The van der Waals surface area contributed by atoms with Crippen LogP contribution in [0, 0.1) is 30.9 Å². The van der Waals surface area contributed by atoms with Crippen LogP contribution in [0.5, 0.6) is 5.75 Å². The second kappa shape index (κ2) is 8.74. The van der Waals surface area contributed by atoms with Gasteiger partial charge < -0.3 is 14.5 Å². The molecule has 1 N–H and O–H groups in total. The maximum Gasteiger partial charge on any atom is 0.271 e. The summed E-state index contributed by atoms with van der Waals surface area (Å²) in [6.07, 6.45) is 1.91. The number of carbonyl (C=O) groups is 1. The van der Waals surface area contributed by atoms with Crippen LogP contribution in [0.3, 0.4) is 0 Å². The highest BCUT2D eigenvalue weighted by molar-refractivity contribution is 5.95. The van der Waals surface area contributed by atoms with Gasteiger partial charge in [0, 0.05) is 23.9 Å². The van der Waals surface area contributed by atoms with Crippen LogP contribution < -0.4 is 10.1 Å². The van der Waals surface area contributed by atoms with Crippen LogP contribution in [0.25, 0.3) is 16.9 Å². The molecule has 0 atom stereocenters. The first kappa shape index (κ1) is 22.0. The molecule has 168 valence electrons. The lowest BCUT2D eigenvalue weighted by Gasteiger charge is -2.11. The third-order valence-electron chi connectivity index (χ3n) is 5.72. The highest BCUT2D eigenvalue weighted by Gasteiger charge is 2.20. The lowest BCUT2D eigenvalue weighted by molar-refractivity contribution is -0.384. The Bertz CT molecular complexity index is 1390. The van der Waals surface area contributed by atoms with E-state index >= 15 is 0 Å². The number of nitrogens with one attached hydrogen (secondary N) is 1. The highest BCUT2D eigenvalue weighted by atomic mass is 16.6. The van der Waals surface area contributed by atoms with Crippen LogP contribution in [-0.2, 0) is 11.2 Å². The molecule has 0 aliphatic carbocycles. The van der Waals surface area contributed by atoms with Crippen molar-refractivity contribution < 1.29 is 14.5 Å². The molecule has 0 radical (unpaired) electrons. The number of fused-ring (bicyclic) bond motifs is 1. The van der Waals surface area contributed by atoms with Crippen LogP contribution in [0.2, 0.25) is 0 Å². The number of anilines is 1. The van der Waals surface area contributed by atoms with Gasteiger partial charge in [0.15, 0.2) is 0 Å². The molecule has 0 spiro atoms. The number of ether oxygens (including phenoxy) is 1. The van der Waals surface area contributed by atoms with Gasteiger partial charge in [-0.3, -0.25) is 14.9 Å². The Kier molecular flexibility index (Phi) is 5.83. The first-order valence-corrected chi connectivity index (χ1v) is 10.4. The van der Waals surface area contributed by atoms with E-state index in [4.69, 9.17) is 9.72 Å². The second-order valence-corrected chi connectivity index (χ2v) is 7.96. The minimum atomic E-state index is -0.514. The zero-order chi connectivity index (χ0) is 23.7. The molecule has 0 bridgehead atoms. The number of aryl methyl sites for hydroxylation is 3. The molecular formula is C25H24N4O4. The molecule has 0 unspecified atom stereocenters. The van der Waals surface area contributed by atoms with Crippen LogP contribution in [0.15, 0.2) is 54.7 Å². The van der Waals surface area contributed by atoms with Crippen molar-refractivity contribution >= 4 is 22.9 Å². The summed E-state index contributed by atoms with van der Waals surface area (Å²) >= 11 is 0. The second-order valence-electron chi connectivity index (χ2n) is 7.96. The van der Waals surface area contributed by atoms with E-state index in [9.17, 15) is 14.9 Å². The van der Waals surface area contributed by atoms with Crippen molar-refractivity contribution in [3.8, 4) is 17.0 Å². The molecule has 0 aliphatic rings. The van der Waals surface area contributed by atoms with Crippen molar-refractivity contribution in [1.82, 2.24) is 9.38 Å². The summed E-state index contributed by atoms with van der Waals surface area (Å²) in [7, 11) is 1.45. The molecule has 4 aromatic rings. The van der Waals surface area contributed by atoms with Gasteiger partial charge in [-0.1, -0.05) is 18.2 Å². The number of methoxy groups -OCH3 is 1. The first-order chi connectivity index (χ1) is 15.8. The van der Waals surface area contributed by atoms with E-state index in [0.29, 0.717) is 5.75 Å². The molecule has 2 heterocycles. The number of pyridine rings is 1. The van der Waals surface area contributed by atoms with Crippen LogP contribution in [0.4, 0.5) is 11.4 Å². The summed E-state index contributed by atoms with van der Waals surface area (Å²) in [5.74, 6) is 0.0134. The van der Waals surface area contributed by atoms with E-state index in [-0.39, 0.29) is 23.7 Å². The van der Waals surface area contributed by atoms with E-state index in [0.717, 1.165) is 33.7 Å². The van der Waals surface area contributed by atoms with Gasteiger partial charge in [0.05, 0.1) is 35.5 Å². The van der Waals surface area contributed by atoms with E-state index < -0.39 is 4.92 Å². The maximum absolute atomic E-state index is 13.1. The van der Waals surface area contributed by atoms with Crippen molar-refractivity contribution in [3.05, 3.63) is 87.2 Å². The molecule has 2 aromatic carbocycles. The average Bonchev–Trinajstić information content (AvgIpc) is 3.15. The zero-order valence-corrected chi connectivity index (χ0v) is 18.9. The summed E-state index contributed by atoms with van der Waals surface area (Å²) in [6, 6.07) is 14.1. The van der Waals surface area contributed by atoms with Crippen molar-refractivity contribution in [1.29, 1.82) is 0 Å². The number of rotatable bonds is 6. The van der Waals surface area contributed by atoms with Crippen LogP contribution >= 0.6 is 0 Å². The van der Waals surface area contributed by atoms with Gasteiger partial charge in [0.1, 0.15) is 11.4 Å². The SMILES string of the molecule is COc1ccc([N+](=O)[O-])cc1NC(=O)Cc1c(-c2ccc(C)c(C)c2)nc2c(C)cccn12. The van der Waals surface area contributed by atoms with E-state index in [1.807, 2.05) is 55.6 Å². The first-order valence-electron chi connectivity index (χ1n) is 10.4. The number of carbonyl (C=O) groups excluding carboxylic acids is 1. The summed E-state index contributed by atoms with van der Waals surface area (Å²) < 4.78 is 7.19. The largest absolute Gasteiger partial charge is 0.495 e. The number of nitro benzene ring substituents is 1. The highest BCUT2D eigenvalue weighted by Crippen LogP contribution is 2.31. The molecule has 4 rings (SSSR count). The summed E-state index contributed by atoms with van der Waals surface area (Å²) in [6.45, 7) is 6.07. The molecule has 8 heteroatoms. The summed E-state index contributed by atoms with van der Waals surface area (Å²) in [5, 5.41) is 13.9. The topological polar surface area (TPSA) is 98.8 Å². The molecule has 0 saturated carbocycles. The van der Waals surface area contributed by atoms with Gasteiger partial charge in [0.25, 0.3) is 5.69 Å². The third kappa shape index (κ3) is 4.27. The zero-order valence-electron chi connectivity index (χ0n) is 18.9. The molecule has 2 aromatic heterocycles. The Hall–Kier alpha value is -4.20. The van der Waals surface area contributed by atoms with Gasteiger partial charge >= 0.3 is 0 Å². The minimum absolute atomic E-state index is 0.0265. The lowest BCUT2D eigenvalue weighted by atomic mass is 10.0. The number of hydrogen-bond acceptors (Lipinski definition) is 5. The molecule has 0 saturated heterocycles. The number of aromatic nitrogens is 2. The predicted octanol–water partition coefficient (Wildman–Crippen LogP) is 5.02. The molecule has 0 fully saturated rings. The number of nitro groups is 1. The fraction of sp³-hybridized carbons (Fsp3) is 0.200. The molecule has 1 amide bonds. The number of amides is 1. The van der Waals surface area contributed by atoms with Crippen LogP contribution in [0.1, 0.15) is 22.4 Å². The van der Waals surface area contributed by atoms with Gasteiger partial charge in [-0.15, -0.1) is 0 Å². The summed E-state index contributed by atoms with van der Waals surface area (Å²) in [5.41, 5.74) is 6.59. The monoisotopic (exact) mass is 444 g/mol. The molecule has 8 nitrogen and oxygen atoms in total. The lowest BCUT2D eigenvalue weighted by Crippen LogP contribution is -2.17. The Balaban J connectivity index is 1.75. The van der Waals surface area contributed by atoms with Gasteiger partial charge in [-0.05, 0) is 55.7 Å². The minimum Gasteiger partial charge on any atom is -0.495 e. The maximum atomic E-state index is 13.1. The van der Waals surface area contributed by atoms with Gasteiger partial charge in [-0.25, -0.2) is 4.98 Å². The Morgan fingerprint density at radius 2 is 1.88 bits per heavy atom. The molecule has 0 aliphatic heterocycles.